The van der Waals surface area contributed by atoms with Crippen molar-refractivity contribution in [3.8, 4) is 6.07 Å². The first-order valence-electron chi connectivity index (χ1n) is 7.87. The fourth-order valence-electron chi connectivity index (χ4n) is 5.02. The molecule has 4 fully saturated rings. The number of benzene rings is 1. The number of nitriles is 1. The molecule has 5 rings (SSSR count). The summed E-state index contributed by atoms with van der Waals surface area (Å²) in [4.78, 5) is 4.92. The molecule has 20 heavy (non-hydrogen) atoms. The Balaban J connectivity index is 1.64. The second-order valence-electron chi connectivity index (χ2n) is 6.88. The summed E-state index contributed by atoms with van der Waals surface area (Å²) in [6, 6.07) is 12.7. The van der Waals surface area contributed by atoms with E-state index >= 15 is 0 Å². The Morgan fingerprint density at radius 2 is 1.55 bits per heavy atom. The van der Waals surface area contributed by atoms with Crippen molar-refractivity contribution in [3.63, 3.8) is 0 Å². The highest BCUT2D eigenvalue weighted by atomic mass is 14.9. The van der Waals surface area contributed by atoms with Crippen molar-refractivity contribution >= 4 is 5.71 Å². The first-order chi connectivity index (χ1) is 9.83. The van der Waals surface area contributed by atoms with Crippen LogP contribution in [0.1, 0.15) is 37.7 Å². The largest absolute Gasteiger partial charge is 0.270 e. The van der Waals surface area contributed by atoms with Crippen molar-refractivity contribution in [2.24, 2.45) is 28.7 Å². The van der Waals surface area contributed by atoms with Crippen molar-refractivity contribution in [3.05, 3.63) is 35.9 Å². The van der Waals surface area contributed by atoms with Crippen LogP contribution in [-0.4, -0.2) is 11.8 Å². The minimum atomic E-state index is 0.414. The Labute approximate surface area is 120 Å². The molecule has 1 aromatic rings. The lowest BCUT2D eigenvalue weighted by atomic mass is 9.54. The van der Waals surface area contributed by atoms with Crippen LogP contribution in [0.15, 0.2) is 35.3 Å². The highest BCUT2D eigenvalue weighted by molar-refractivity contribution is 6.11. The third kappa shape index (κ3) is 1.97. The third-order valence-corrected chi connectivity index (χ3v) is 5.61. The first-order valence-corrected chi connectivity index (χ1v) is 7.87. The molecule has 4 saturated carbocycles. The van der Waals surface area contributed by atoms with E-state index in [1.807, 2.05) is 30.3 Å². The normalized spacial score (nSPS) is 38.8. The molecule has 4 bridgehead atoms. The summed E-state index contributed by atoms with van der Waals surface area (Å²) in [5, 5.41) is 9.45. The van der Waals surface area contributed by atoms with E-state index in [2.05, 4.69) is 6.07 Å². The van der Waals surface area contributed by atoms with Crippen molar-refractivity contribution in [2.45, 2.75) is 38.1 Å². The van der Waals surface area contributed by atoms with Gasteiger partial charge in [0.25, 0.3) is 0 Å². The van der Waals surface area contributed by atoms with Gasteiger partial charge in [-0.05, 0) is 55.8 Å². The number of aliphatic imine (C=N–C) groups is 1. The van der Waals surface area contributed by atoms with Gasteiger partial charge in [0.2, 0.25) is 0 Å². The molecule has 0 heterocycles. The maximum atomic E-state index is 9.45. The molecule has 0 atom stereocenters. The van der Waals surface area contributed by atoms with Crippen LogP contribution in [0.25, 0.3) is 0 Å². The molecule has 0 amide bonds. The Morgan fingerprint density at radius 1 is 0.950 bits per heavy atom. The Morgan fingerprint density at radius 3 is 2.10 bits per heavy atom. The molecule has 2 heteroatoms. The Kier molecular flexibility index (Phi) is 2.88. The SMILES string of the molecule is N#CC(=NC1C2CC3CC(C2)CC1C3)c1ccccc1. The molecule has 4 aliphatic carbocycles. The van der Waals surface area contributed by atoms with Crippen LogP contribution in [-0.2, 0) is 0 Å². The molecule has 0 saturated heterocycles. The van der Waals surface area contributed by atoms with Gasteiger partial charge in [0.05, 0.1) is 6.04 Å². The van der Waals surface area contributed by atoms with Crippen LogP contribution in [0.4, 0.5) is 0 Å². The molecule has 0 aromatic heterocycles. The maximum Gasteiger partial charge on any atom is 0.142 e. The average Bonchev–Trinajstić information content (AvgIpc) is 2.47. The lowest BCUT2D eigenvalue weighted by Gasteiger charge is -2.53. The zero-order chi connectivity index (χ0) is 13.5. The predicted molar refractivity (Wildman–Crippen MR) is 79.4 cm³/mol. The number of hydrogen-bond acceptors (Lipinski definition) is 2. The van der Waals surface area contributed by atoms with E-state index in [0.717, 1.165) is 29.2 Å². The molecular formula is C18H20N2. The van der Waals surface area contributed by atoms with Crippen molar-refractivity contribution in [2.75, 3.05) is 0 Å². The van der Waals surface area contributed by atoms with Crippen molar-refractivity contribution in [1.29, 1.82) is 5.26 Å². The van der Waals surface area contributed by atoms with Crippen LogP contribution in [0.3, 0.4) is 0 Å². The smallest absolute Gasteiger partial charge is 0.142 e. The minimum Gasteiger partial charge on any atom is -0.270 e. The lowest BCUT2D eigenvalue weighted by Crippen LogP contribution is -2.47. The summed E-state index contributed by atoms with van der Waals surface area (Å²) < 4.78 is 0. The lowest BCUT2D eigenvalue weighted by molar-refractivity contribution is 0.00135. The Bertz CT molecular complexity index is 539. The van der Waals surface area contributed by atoms with E-state index in [1.165, 1.54) is 32.1 Å². The van der Waals surface area contributed by atoms with Crippen molar-refractivity contribution in [1.82, 2.24) is 0 Å². The molecule has 1 aromatic carbocycles. The van der Waals surface area contributed by atoms with E-state index in [1.54, 1.807) is 0 Å². The minimum absolute atomic E-state index is 0.414. The van der Waals surface area contributed by atoms with Crippen molar-refractivity contribution < 1.29 is 0 Å². The highest BCUT2D eigenvalue weighted by Crippen LogP contribution is 2.54. The molecule has 0 aliphatic heterocycles. The third-order valence-electron chi connectivity index (χ3n) is 5.61. The summed E-state index contributed by atoms with van der Waals surface area (Å²) in [6.07, 6.45) is 6.89. The van der Waals surface area contributed by atoms with Gasteiger partial charge in [0.1, 0.15) is 11.8 Å². The molecule has 0 radical (unpaired) electrons. The van der Waals surface area contributed by atoms with Gasteiger partial charge in [-0.3, -0.25) is 4.99 Å². The number of hydrogen-bond donors (Lipinski definition) is 0. The summed E-state index contributed by atoms with van der Waals surface area (Å²) in [7, 11) is 0. The molecule has 4 aliphatic rings. The summed E-state index contributed by atoms with van der Waals surface area (Å²) >= 11 is 0. The van der Waals surface area contributed by atoms with Crippen LogP contribution < -0.4 is 0 Å². The summed E-state index contributed by atoms with van der Waals surface area (Å²) in [6.45, 7) is 0. The van der Waals surface area contributed by atoms with E-state index < -0.39 is 0 Å². The second-order valence-corrected chi connectivity index (χ2v) is 6.88. The predicted octanol–water partition coefficient (Wildman–Crippen LogP) is 3.82. The fourth-order valence-corrected chi connectivity index (χ4v) is 5.02. The molecule has 0 spiro atoms. The molecular weight excluding hydrogens is 244 g/mol. The maximum absolute atomic E-state index is 9.45. The highest BCUT2D eigenvalue weighted by Gasteiger charge is 2.48. The Hall–Kier alpha value is -1.62. The molecule has 102 valence electrons. The van der Waals surface area contributed by atoms with Gasteiger partial charge in [-0.25, -0.2) is 0 Å². The van der Waals surface area contributed by atoms with E-state index in [4.69, 9.17) is 4.99 Å². The van der Waals surface area contributed by atoms with Gasteiger partial charge in [-0.15, -0.1) is 0 Å². The van der Waals surface area contributed by atoms with Gasteiger partial charge in [0, 0.05) is 5.56 Å². The van der Waals surface area contributed by atoms with Crippen LogP contribution >= 0.6 is 0 Å². The van der Waals surface area contributed by atoms with E-state index in [9.17, 15) is 5.26 Å². The molecule has 0 N–H and O–H groups in total. The van der Waals surface area contributed by atoms with E-state index in [0.29, 0.717) is 11.8 Å². The van der Waals surface area contributed by atoms with Gasteiger partial charge < -0.3 is 0 Å². The summed E-state index contributed by atoms with van der Waals surface area (Å²) in [5.74, 6) is 3.43. The van der Waals surface area contributed by atoms with Gasteiger partial charge >= 0.3 is 0 Å². The van der Waals surface area contributed by atoms with Gasteiger partial charge in [-0.2, -0.15) is 5.26 Å². The van der Waals surface area contributed by atoms with Crippen LogP contribution in [0.2, 0.25) is 0 Å². The first kappa shape index (κ1) is 12.1. The standard InChI is InChI=1S/C18H20N2/c19-11-17(14-4-2-1-3-5-14)20-18-15-7-12-6-13(9-15)10-16(18)8-12/h1-5,12-13,15-16,18H,6-10H2. The summed E-state index contributed by atoms with van der Waals surface area (Å²) in [5.41, 5.74) is 1.62. The monoisotopic (exact) mass is 264 g/mol. The molecule has 2 nitrogen and oxygen atoms in total. The zero-order valence-electron chi connectivity index (χ0n) is 11.7. The van der Waals surface area contributed by atoms with E-state index in [-0.39, 0.29) is 0 Å². The van der Waals surface area contributed by atoms with Crippen LogP contribution in [0.5, 0.6) is 0 Å². The van der Waals surface area contributed by atoms with Crippen LogP contribution in [0, 0.1) is 35.0 Å². The van der Waals surface area contributed by atoms with Gasteiger partial charge in [-0.1, -0.05) is 30.3 Å². The number of rotatable bonds is 2. The number of nitrogens with zero attached hydrogens (tertiary/aromatic N) is 2. The second kappa shape index (κ2) is 4.74. The molecule has 0 unspecified atom stereocenters. The quantitative estimate of drug-likeness (QED) is 0.748. The topological polar surface area (TPSA) is 36.1 Å². The zero-order valence-corrected chi connectivity index (χ0v) is 11.7. The average molecular weight is 264 g/mol. The fraction of sp³-hybridized carbons (Fsp3) is 0.556. The van der Waals surface area contributed by atoms with Gasteiger partial charge in [0.15, 0.2) is 0 Å².